The van der Waals surface area contributed by atoms with E-state index in [0.717, 1.165) is 17.7 Å². The third-order valence-corrected chi connectivity index (χ3v) is 3.07. The first-order chi connectivity index (χ1) is 9.24. The van der Waals surface area contributed by atoms with Gasteiger partial charge in [0.1, 0.15) is 11.6 Å². The molecule has 2 aromatic rings. The van der Waals surface area contributed by atoms with Crippen molar-refractivity contribution in [3.8, 4) is 5.75 Å². The summed E-state index contributed by atoms with van der Waals surface area (Å²) in [4.78, 5) is 12.0. The highest BCUT2D eigenvalue weighted by Crippen LogP contribution is 2.33. The highest BCUT2D eigenvalue weighted by Gasteiger charge is 2.17. The number of carbonyl (C=O) groups is 1. The van der Waals surface area contributed by atoms with Crippen LogP contribution in [-0.4, -0.2) is 12.5 Å². The van der Waals surface area contributed by atoms with Gasteiger partial charge in [-0.15, -0.1) is 0 Å². The van der Waals surface area contributed by atoms with E-state index < -0.39 is 0 Å². The number of rotatable bonds is 2. The van der Waals surface area contributed by atoms with Crippen LogP contribution in [0.1, 0.15) is 15.9 Å². The lowest BCUT2D eigenvalue weighted by Gasteiger charge is -2.09. The summed E-state index contributed by atoms with van der Waals surface area (Å²) < 4.78 is 18.3. The average Bonchev–Trinajstić information content (AvgIpc) is 2.89. The van der Waals surface area contributed by atoms with Crippen LogP contribution in [0.2, 0.25) is 0 Å². The van der Waals surface area contributed by atoms with E-state index in [1.54, 1.807) is 6.07 Å². The Kier molecular flexibility index (Phi) is 2.91. The minimum absolute atomic E-state index is 0.274. The molecule has 1 amide bonds. The van der Waals surface area contributed by atoms with Crippen molar-refractivity contribution in [3.05, 3.63) is 59.4 Å². The van der Waals surface area contributed by atoms with Gasteiger partial charge in [0.2, 0.25) is 0 Å². The van der Waals surface area contributed by atoms with Crippen molar-refractivity contribution in [2.45, 2.75) is 6.42 Å². The topological polar surface area (TPSA) is 38.3 Å². The largest absolute Gasteiger partial charge is 0.491 e. The molecule has 0 fully saturated rings. The predicted octanol–water partition coefficient (Wildman–Crippen LogP) is 3.01. The first-order valence-corrected chi connectivity index (χ1v) is 6.05. The van der Waals surface area contributed by atoms with Crippen molar-refractivity contribution in [3.63, 3.8) is 0 Å². The van der Waals surface area contributed by atoms with Crippen LogP contribution >= 0.6 is 0 Å². The number of nitrogens with one attached hydrogen (secondary N) is 1. The molecular weight excluding hydrogens is 245 g/mol. The molecule has 3 rings (SSSR count). The smallest absolute Gasteiger partial charge is 0.255 e. The molecule has 0 bridgehead atoms. The van der Waals surface area contributed by atoms with Crippen molar-refractivity contribution < 1.29 is 13.9 Å². The maximum Gasteiger partial charge on any atom is 0.255 e. The fourth-order valence-electron chi connectivity index (χ4n) is 2.11. The van der Waals surface area contributed by atoms with E-state index in [0.29, 0.717) is 17.9 Å². The van der Waals surface area contributed by atoms with Crippen molar-refractivity contribution in [1.29, 1.82) is 0 Å². The summed E-state index contributed by atoms with van der Waals surface area (Å²) in [7, 11) is 0. The standard InChI is InChI=1S/C15H12FNO2/c16-12-6-4-11(5-7-12)15(18)17-13-3-1-2-10-8-9-19-14(10)13/h1-7H,8-9H2,(H,17,18). The average molecular weight is 257 g/mol. The Morgan fingerprint density at radius 2 is 1.95 bits per heavy atom. The van der Waals surface area contributed by atoms with E-state index in [4.69, 9.17) is 4.74 Å². The molecule has 1 aliphatic heterocycles. The van der Waals surface area contributed by atoms with Crippen LogP contribution < -0.4 is 10.1 Å². The first-order valence-electron chi connectivity index (χ1n) is 6.05. The zero-order valence-corrected chi connectivity index (χ0v) is 10.2. The van der Waals surface area contributed by atoms with Crippen molar-refractivity contribution in [1.82, 2.24) is 0 Å². The van der Waals surface area contributed by atoms with Gasteiger partial charge in [-0.25, -0.2) is 4.39 Å². The van der Waals surface area contributed by atoms with Gasteiger partial charge >= 0.3 is 0 Å². The van der Waals surface area contributed by atoms with E-state index in [-0.39, 0.29) is 11.7 Å². The molecule has 2 aromatic carbocycles. The van der Waals surface area contributed by atoms with Crippen LogP contribution in [0.4, 0.5) is 10.1 Å². The predicted molar refractivity (Wildman–Crippen MR) is 70.0 cm³/mol. The van der Waals surface area contributed by atoms with Crippen LogP contribution in [0.5, 0.6) is 5.75 Å². The molecule has 0 atom stereocenters. The number of fused-ring (bicyclic) bond motifs is 1. The maximum absolute atomic E-state index is 12.8. The monoisotopic (exact) mass is 257 g/mol. The second-order valence-electron chi connectivity index (χ2n) is 4.35. The van der Waals surface area contributed by atoms with Gasteiger partial charge in [0.15, 0.2) is 0 Å². The molecule has 0 aromatic heterocycles. The number of hydrogen-bond acceptors (Lipinski definition) is 2. The number of benzene rings is 2. The first kappa shape index (κ1) is 11.7. The number of para-hydroxylation sites is 1. The second kappa shape index (κ2) is 4.72. The molecular formula is C15H12FNO2. The molecule has 1 aliphatic rings. The summed E-state index contributed by atoms with van der Waals surface area (Å²) in [5.41, 5.74) is 2.17. The molecule has 19 heavy (non-hydrogen) atoms. The van der Waals surface area contributed by atoms with E-state index in [9.17, 15) is 9.18 Å². The number of halogens is 1. The lowest BCUT2D eigenvalue weighted by atomic mass is 10.1. The van der Waals surface area contributed by atoms with E-state index in [1.807, 2.05) is 12.1 Å². The zero-order chi connectivity index (χ0) is 13.2. The van der Waals surface area contributed by atoms with E-state index in [2.05, 4.69) is 5.32 Å². The summed E-state index contributed by atoms with van der Waals surface area (Å²) in [6.07, 6.45) is 0.857. The molecule has 0 radical (unpaired) electrons. The fourth-order valence-corrected chi connectivity index (χ4v) is 2.11. The van der Waals surface area contributed by atoms with Crippen LogP contribution in [0.15, 0.2) is 42.5 Å². The number of anilines is 1. The quantitative estimate of drug-likeness (QED) is 0.898. The van der Waals surface area contributed by atoms with Gasteiger partial charge in [-0.3, -0.25) is 4.79 Å². The van der Waals surface area contributed by atoms with Crippen LogP contribution in [0.3, 0.4) is 0 Å². The number of carbonyl (C=O) groups excluding carboxylic acids is 1. The second-order valence-corrected chi connectivity index (χ2v) is 4.35. The summed E-state index contributed by atoms with van der Waals surface area (Å²) >= 11 is 0. The minimum Gasteiger partial charge on any atom is -0.491 e. The Hall–Kier alpha value is -2.36. The molecule has 0 saturated carbocycles. The highest BCUT2D eigenvalue weighted by atomic mass is 19.1. The maximum atomic E-state index is 12.8. The molecule has 0 aliphatic carbocycles. The van der Waals surface area contributed by atoms with E-state index >= 15 is 0 Å². The minimum atomic E-state index is -0.361. The van der Waals surface area contributed by atoms with Gasteiger partial charge in [0, 0.05) is 12.0 Å². The normalized spacial score (nSPS) is 12.7. The van der Waals surface area contributed by atoms with Gasteiger partial charge in [0.05, 0.1) is 12.3 Å². The Labute approximate surface area is 110 Å². The van der Waals surface area contributed by atoms with Gasteiger partial charge in [-0.1, -0.05) is 12.1 Å². The SMILES string of the molecule is O=C(Nc1cccc2c1OCC2)c1ccc(F)cc1. The van der Waals surface area contributed by atoms with Crippen molar-refractivity contribution in [2.75, 3.05) is 11.9 Å². The molecule has 0 spiro atoms. The van der Waals surface area contributed by atoms with Crippen LogP contribution in [0.25, 0.3) is 0 Å². The van der Waals surface area contributed by atoms with Crippen LogP contribution in [-0.2, 0) is 6.42 Å². The Morgan fingerprint density at radius 3 is 2.74 bits per heavy atom. The number of hydrogen-bond donors (Lipinski definition) is 1. The Balaban J connectivity index is 1.84. The molecule has 1 N–H and O–H groups in total. The third-order valence-electron chi connectivity index (χ3n) is 3.07. The van der Waals surface area contributed by atoms with Gasteiger partial charge in [-0.2, -0.15) is 0 Å². The molecule has 0 saturated heterocycles. The lowest BCUT2D eigenvalue weighted by Crippen LogP contribution is -2.12. The Bertz CT molecular complexity index is 623. The molecule has 4 heteroatoms. The number of ether oxygens (including phenoxy) is 1. The number of amides is 1. The fraction of sp³-hybridized carbons (Fsp3) is 0.133. The van der Waals surface area contributed by atoms with Crippen molar-refractivity contribution in [2.24, 2.45) is 0 Å². The van der Waals surface area contributed by atoms with Gasteiger partial charge in [0.25, 0.3) is 5.91 Å². The molecule has 96 valence electrons. The molecule has 0 unspecified atom stereocenters. The third kappa shape index (κ3) is 2.29. The van der Waals surface area contributed by atoms with E-state index in [1.165, 1.54) is 24.3 Å². The summed E-state index contributed by atoms with van der Waals surface area (Å²) in [6.45, 7) is 0.638. The zero-order valence-electron chi connectivity index (χ0n) is 10.2. The lowest BCUT2D eigenvalue weighted by molar-refractivity contribution is 0.102. The summed E-state index contributed by atoms with van der Waals surface area (Å²) in [5, 5.41) is 2.79. The Morgan fingerprint density at radius 1 is 1.16 bits per heavy atom. The van der Waals surface area contributed by atoms with Crippen molar-refractivity contribution >= 4 is 11.6 Å². The summed E-state index contributed by atoms with van der Waals surface area (Å²) in [6, 6.07) is 11.1. The van der Waals surface area contributed by atoms with Crippen LogP contribution in [0, 0.1) is 5.82 Å². The highest BCUT2D eigenvalue weighted by molar-refractivity contribution is 6.05. The summed E-state index contributed by atoms with van der Waals surface area (Å²) in [5.74, 6) is 0.0994. The molecule has 1 heterocycles. The molecule has 3 nitrogen and oxygen atoms in total. The van der Waals surface area contributed by atoms with Gasteiger partial charge < -0.3 is 10.1 Å². The van der Waals surface area contributed by atoms with Gasteiger partial charge in [-0.05, 0) is 35.9 Å².